The van der Waals surface area contributed by atoms with Crippen LogP contribution in [0.1, 0.15) is 0 Å². The molecule has 7 heteroatoms. The Labute approximate surface area is 123 Å². The smallest absolute Gasteiger partial charge is 0.417 e. The number of carboxylic acid groups (broad SMARTS) is 1. The minimum absolute atomic E-state index is 0.273. The van der Waals surface area contributed by atoms with E-state index in [-0.39, 0.29) is 10.3 Å². The Kier molecular flexibility index (Phi) is 3.08. The molecule has 0 amide bonds. The predicted molar refractivity (Wildman–Crippen MR) is 76.4 cm³/mol. The summed E-state index contributed by atoms with van der Waals surface area (Å²) in [6.07, 6.45) is 1.91. The fourth-order valence-electron chi connectivity index (χ4n) is 2.06. The Morgan fingerprint density at radius 2 is 1.90 bits per heavy atom. The quantitative estimate of drug-likeness (QED) is 0.692. The summed E-state index contributed by atoms with van der Waals surface area (Å²) >= 11 is 11.8. The maximum Gasteiger partial charge on any atom is 0.417 e. The Balaban J connectivity index is 2.29. The molecule has 0 saturated carbocycles. The first-order valence-electron chi connectivity index (χ1n) is 5.59. The van der Waals surface area contributed by atoms with E-state index in [1.165, 1.54) is 6.20 Å². The summed E-state index contributed by atoms with van der Waals surface area (Å²) in [5.41, 5.74) is 1.91. The monoisotopic (exact) mass is 307 g/mol. The molecule has 0 aliphatic rings. The van der Waals surface area contributed by atoms with Crippen molar-refractivity contribution in [2.75, 3.05) is 0 Å². The highest BCUT2D eigenvalue weighted by Gasteiger charge is 2.13. The van der Waals surface area contributed by atoms with Crippen LogP contribution in [0, 0.1) is 0 Å². The van der Waals surface area contributed by atoms with Crippen LogP contribution in [0.2, 0.25) is 10.3 Å². The van der Waals surface area contributed by atoms with Crippen molar-refractivity contribution < 1.29 is 9.90 Å². The zero-order valence-electron chi connectivity index (χ0n) is 9.92. The second-order valence-corrected chi connectivity index (χ2v) is 4.84. The van der Waals surface area contributed by atoms with Crippen LogP contribution in [0.25, 0.3) is 22.2 Å². The maximum absolute atomic E-state index is 11.1. The molecule has 0 radical (unpaired) electrons. The lowest BCUT2D eigenvalue weighted by atomic mass is 10.1. The highest BCUT2D eigenvalue weighted by atomic mass is 35.5. The first-order valence-corrected chi connectivity index (χ1v) is 6.34. The molecule has 3 heterocycles. The molecule has 0 fully saturated rings. The molecule has 0 saturated heterocycles. The third-order valence-corrected chi connectivity index (χ3v) is 3.25. The van der Waals surface area contributed by atoms with Crippen LogP contribution in [-0.4, -0.2) is 25.7 Å². The van der Waals surface area contributed by atoms with Crippen molar-refractivity contribution in [3.05, 3.63) is 47.0 Å². The van der Waals surface area contributed by atoms with Gasteiger partial charge in [-0.2, -0.15) is 0 Å². The average molecular weight is 308 g/mol. The Hall–Kier alpha value is -2.11. The van der Waals surface area contributed by atoms with Crippen LogP contribution in [0.4, 0.5) is 4.79 Å². The van der Waals surface area contributed by atoms with Gasteiger partial charge in [-0.15, -0.1) is 0 Å². The van der Waals surface area contributed by atoms with Crippen molar-refractivity contribution in [2.45, 2.75) is 0 Å². The van der Waals surface area contributed by atoms with E-state index in [0.29, 0.717) is 11.0 Å². The fourth-order valence-corrected chi connectivity index (χ4v) is 2.53. The van der Waals surface area contributed by atoms with E-state index in [2.05, 4.69) is 9.97 Å². The maximum atomic E-state index is 11.1. The van der Waals surface area contributed by atoms with Gasteiger partial charge in [-0.3, -0.25) is 0 Å². The van der Waals surface area contributed by atoms with Gasteiger partial charge in [0, 0.05) is 17.8 Å². The molecule has 0 aliphatic heterocycles. The summed E-state index contributed by atoms with van der Waals surface area (Å²) in [6, 6.07) is 6.80. The number of pyridine rings is 2. The lowest BCUT2D eigenvalue weighted by molar-refractivity contribution is 0.197. The highest BCUT2D eigenvalue weighted by Crippen LogP contribution is 2.30. The van der Waals surface area contributed by atoms with E-state index in [9.17, 15) is 4.79 Å². The van der Waals surface area contributed by atoms with Crippen molar-refractivity contribution in [3.8, 4) is 11.1 Å². The van der Waals surface area contributed by atoms with Crippen LogP contribution >= 0.6 is 23.2 Å². The van der Waals surface area contributed by atoms with Crippen LogP contribution in [0.15, 0.2) is 36.7 Å². The summed E-state index contributed by atoms with van der Waals surface area (Å²) in [7, 11) is 0. The van der Waals surface area contributed by atoms with Crippen LogP contribution < -0.4 is 0 Å². The number of hydrogen-bond donors (Lipinski definition) is 1. The first-order chi connectivity index (χ1) is 9.56. The van der Waals surface area contributed by atoms with Crippen molar-refractivity contribution >= 4 is 40.3 Å². The van der Waals surface area contributed by atoms with E-state index in [1.807, 2.05) is 0 Å². The number of carbonyl (C=O) groups is 1. The molecule has 20 heavy (non-hydrogen) atoms. The normalized spacial score (nSPS) is 10.9. The number of nitrogens with zero attached hydrogens (tertiary/aromatic N) is 3. The van der Waals surface area contributed by atoms with Gasteiger partial charge in [0.2, 0.25) is 0 Å². The molecular formula is C13H7Cl2N3O2. The average Bonchev–Trinajstić information content (AvgIpc) is 2.81. The number of aromatic nitrogens is 3. The lowest BCUT2D eigenvalue weighted by Crippen LogP contribution is -2.06. The largest absolute Gasteiger partial charge is 0.464 e. The SMILES string of the molecule is O=C(O)n1ccc2c(-c3cc(Cl)nc(Cl)c3)ccnc21. The topological polar surface area (TPSA) is 68.0 Å². The summed E-state index contributed by atoms with van der Waals surface area (Å²) < 4.78 is 1.06. The Morgan fingerprint density at radius 1 is 1.20 bits per heavy atom. The predicted octanol–water partition coefficient (Wildman–Crippen LogP) is 3.93. The molecule has 0 bridgehead atoms. The molecular weight excluding hydrogens is 301 g/mol. The summed E-state index contributed by atoms with van der Waals surface area (Å²) in [5, 5.41) is 10.3. The number of hydrogen-bond acceptors (Lipinski definition) is 3. The minimum atomic E-state index is -1.09. The molecule has 0 spiro atoms. The van der Waals surface area contributed by atoms with Crippen LogP contribution in [0.5, 0.6) is 0 Å². The molecule has 3 aromatic heterocycles. The molecule has 5 nitrogen and oxygen atoms in total. The van der Waals surface area contributed by atoms with Crippen molar-refractivity contribution in [1.29, 1.82) is 0 Å². The van der Waals surface area contributed by atoms with Gasteiger partial charge in [0.05, 0.1) is 0 Å². The first kappa shape index (κ1) is 12.9. The van der Waals surface area contributed by atoms with Crippen molar-refractivity contribution in [3.63, 3.8) is 0 Å². The van der Waals surface area contributed by atoms with Crippen LogP contribution in [0.3, 0.4) is 0 Å². The highest BCUT2D eigenvalue weighted by molar-refractivity contribution is 6.33. The van der Waals surface area contributed by atoms with Gasteiger partial charge in [-0.25, -0.2) is 19.3 Å². The summed E-state index contributed by atoms with van der Waals surface area (Å²) in [4.78, 5) is 19.1. The van der Waals surface area contributed by atoms with E-state index >= 15 is 0 Å². The second-order valence-electron chi connectivity index (χ2n) is 4.07. The molecule has 3 rings (SSSR count). The van der Waals surface area contributed by atoms with Gasteiger partial charge < -0.3 is 5.11 Å². The third kappa shape index (κ3) is 2.11. The molecule has 0 unspecified atom stereocenters. The summed E-state index contributed by atoms with van der Waals surface area (Å²) in [5.74, 6) is 0. The number of fused-ring (bicyclic) bond motifs is 1. The second kappa shape index (κ2) is 4.77. The molecule has 3 aromatic rings. The van der Waals surface area contributed by atoms with E-state index in [4.69, 9.17) is 28.3 Å². The molecule has 0 aliphatic carbocycles. The number of rotatable bonds is 1. The fraction of sp³-hybridized carbons (Fsp3) is 0. The van der Waals surface area contributed by atoms with Crippen molar-refractivity contribution in [2.24, 2.45) is 0 Å². The molecule has 0 atom stereocenters. The van der Waals surface area contributed by atoms with Crippen molar-refractivity contribution in [1.82, 2.24) is 14.5 Å². The molecule has 0 aromatic carbocycles. The summed E-state index contributed by atoms with van der Waals surface area (Å²) in [6.45, 7) is 0. The third-order valence-electron chi connectivity index (χ3n) is 2.87. The number of halogens is 2. The zero-order valence-corrected chi connectivity index (χ0v) is 11.4. The van der Waals surface area contributed by atoms with Gasteiger partial charge in [0.1, 0.15) is 16.0 Å². The Morgan fingerprint density at radius 3 is 2.55 bits per heavy atom. The standard InChI is InChI=1S/C13H7Cl2N3O2/c14-10-5-7(6-11(15)17-10)8-1-3-16-12-9(8)2-4-18(12)13(19)20/h1-6H,(H,19,20). The molecule has 1 N–H and O–H groups in total. The van der Waals surface area contributed by atoms with Gasteiger partial charge in [-0.05, 0) is 35.4 Å². The van der Waals surface area contributed by atoms with E-state index in [1.54, 1.807) is 30.5 Å². The minimum Gasteiger partial charge on any atom is -0.464 e. The van der Waals surface area contributed by atoms with Gasteiger partial charge >= 0.3 is 6.09 Å². The zero-order chi connectivity index (χ0) is 14.3. The van der Waals surface area contributed by atoms with Gasteiger partial charge in [-0.1, -0.05) is 23.2 Å². The van der Waals surface area contributed by atoms with E-state index in [0.717, 1.165) is 15.7 Å². The van der Waals surface area contributed by atoms with Gasteiger partial charge in [0.15, 0.2) is 0 Å². The Bertz CT molecular complexity index is 809. The molecule has 100 valence electrons. The van der Waals surface area contributed by atoms with E-state index < -0.39 is 6.09 Å². The van der Waals surface area contributed by atoms with Crippen LogP contribution in [-0.2, 0) is 0 Å². The van der Waals surface area contributed by atoms with Gasteiger partial charge in [0.25, 0.3) is 0 Å². The lowest BCUT2D eigenvalue weighted by Gasteiger charge is -2.05.